The van der Waals surface area contributed by atoms with Crippen LogP contribution in [0.25, 0.3) is 0 Å². The second-order valence-electron chi connectivity index (χ2n) is 3.66. The van der Waals surface area contributed by atoms with E-state index >= 15 is 0 Å². The Bertz CT molecular complexity index is 247. The van der Waals surface area contributed by atoms with Crippen molar-refractivity contribution < 1.29 is 0 Å². The van der Waals surface area contributed by atoms with Crippen LogP contribution in [-0.2, 0) is 5.54 Å². The van der Waals surface area contributed by atoms with Gasteiger partial charge in [-0.3, -0.25) is 0 Å². The first-order valence-corrected chi connectivity index (χ1v) is 4.62. The van der Waals surface area contributed by atoms with Crippen LogP contribution in [0.5, 0.6) is 0 Å². The maximum atomic E-state index is 8.22. The molecule has 0 aromatic heterocycles. The van der Waals surface area contributed by atoms with Crippen LogP contribution < -0.4 is 5.73 Å². The van der Waals surface area contributed by atoms with Gasteiger partial charge in [-0.05, 0) is 18.4 Å². The van der Waals surface area contributed by atoms with Gasteiger partial charge in [-0.25, -0.2) is 5.73 Å². The summed E-state index contributed by atoms with van der Waals surface area (Å²) in [6, 6.07) is 10.2. The summed E-state index contributed by atoms with van der Waals surface area (Å²) in [6.45, 7) is 0. The third-order valence-corrected chi connectivity index (χ3v) is 2.78. The van der Waals surface area contributed by atoms with Gasteiger partial charge >= 0.3 is 0 Å². The third-order valence-electron chi connectivity index (χ3n) is 2.78. The fourth-order valence-electron chi connectivity index (χ4n) is 2.02. The van der Waals surface area contributed by atoms with Crippen molar-refractivity contribution in [2.75, 3.05) is 0 Å². The highest BCUT2D eigenvalue weighted by atomic mass is 14.7. The Kier molecular flexibility index (Phi) is 1.89. The van der Waals surface area contributed by atoms with E-state index in [2.05, 4.69) is 12.1 Å². The van der Waals surface area contributed by atoms with Crippen LogP contribution in [0.3, 0.4) is 0 Å². The summed E-state index contributed by atoms with van der Waals surface area (Å²) < 4.78 is 0. The Labute approximate surface area is 73.6 Å². The van der Waals surface area contributed by atoms with Crippen molar-refractivity contribution in [1.29, 1.82) is 0 Å². The Morgan fingerprint density at radius 2 is 1.58 bits per heavy atom. The highest BCUT2D eigenvalue weighted by molar-refractivity contribution is 5.24. The lowest BCUT2D eigenvalue weighted by molar-refractivity contribution is 0.443. The molecule has 0 unspecified atom stereocenters. The van der Waals surface area contributed by atoms with Crippen LogP contribution in [0.4, 0.5) is 0 Å². The number of hydrogen-bond acceptors (Lipinski definition) is 0. The van der Waals surface area contributed by atoms with Crippen molar-refractivity contribution in [3.8, 4) is 0 Å². The van der Waals surface area contributed by atoms with Crippen LogP contribution >= 0.6 is 0 Å². The molecule has 2 rings (SSSR count). The van der Waals surface area contributed by atoms with E-state index in [0.29, 0.717) is 0 Å². The van der Waals surface area contributed by atoms with Crippen molar-refractivity contribution in [2.45, 2.75) is 31.2 Å². The van der Waals surface area contributed by atoms with E-state index in [4.69, 9.17) is 5.73 Å². The van der Waals surface area contributed by atoms with E-state index in [1.165, 1.54) is 18.4 Å². The smallest absolute Gasteiger partial charge is 0.0572 e. The Hall–Kier alpha value is -0.820. The topological polar surface area (TPSA) is 23.8 Å². The van der Waals surface area contributed by atoms with Crippen LogP contribution in [0.1, 0.15) is 31.2 Å². The molecule has 1 aromatic carbocycles. The zero-order chi connectivity index (χ0) is 8.44. The van der Waals surface area contributed by atoms with E-state index in [0.717, 1.165) is 12.8 Å². The van der Waals surface area contributed by atoms with Crippen molar-refractivity contribution in [3.63, 3.8) is 0 Å². The summed E-state index contributed by atoms with van der Waals surface area (Å²) in [5.41, 5.74) is 9.16. The van der Waals surface area contributed by atoms with Crippen molar-refractivity contribution in [3.05, 3.63) is 35.9 Å². The molecule has 1 N–H and O–H groups in total. The van der Waals surface area contributed by atoms with Gasteiger partial charge in [0.1, 0.15) is 0 Å². The predicted octanol–water partition coefficient (Wildman–Crippen LogP) is 2.74. The fourth-order valence-corrected chi connectivity index (χ4v) is 2.02. The molecule has 0 amide bonds. The first-order chi connectivity index (χ1) is 5.81. The van der Waals surface area contributed by atoms with E-state index < -0.39 is 0 Å². The molecule has 1 aromatic rings. The number of benzene rings is 1. The van der Waals surface area contributed by atoms with Gasteiger partial charge in [0.15, 0.2) is 0 Å². The Morgan fingerprint density at radius 3 is 2.17 bits per heavy atom. The van der Waals surface area contributed by atoms with Crippen LogP contribution in [0.15, 0.2) is 30.3 Å². The van der Waals surface area contributed by atoms with Gasteiger partial charge < -0.3 is 0 Å². The average Bonchev–Trinajstić information content (AvgIpc) is 2.55. The highest BCUT2D eigenvalue weighted by Crippen LogP contribution is 2.37. The Morgan fingerprint density at radius 1 is 1.00 bits per heavy atom. The molecule has 0 bridgehead atoms. The van der Waals surface area contributed by atoms with E-state index in [-0.39, 0.29) is 5.54 Å². The molecule has 1 aliphatic carbocycles. The lowest BCUT2D eigenvalue weighted by atomic mass is 9.90. The first-order valence-electron chi connectivity index (χ1n) is 4.62. The lowest BCUT2D eigenvalue weighted by Gasteiger charge is -2.22. The third kappa shape index (κ3) is 1.25. The Balaban J connectivity index is 2.29. The van der Waals surface area contributed by atoms with Gasteiger partial charge in [0.2, 0.25) is 0 Å². The van der Waals surface area contributed by atoms with Crippen LogP contribution in [-0.4, -0.2) is 0 Å². The summed E-state index contributed by atoms with van der Waals surface area (Å²) in [5.74, 6) is 0. The second-order valence-corrected chi connectivity index (χ2v) is 3.66. The van der Waals surface area contributed by atoms with Crippen molar-refractivity contribution in [1.82, 2.24) is 5.73 Å². The minimum absolute atomic E-state index is 0.263. The molecule has 1 saturated carbocycles. The number of hydrogen-bond donors (Lipinski definition) is 0. The molecule has 0 saturated heterocycles. The SMILES string of the molecule is [NH]C1(c2ccccc2)CCCC1. The minimum Gasteiger partial charge on any atom is -0.246 e. The summed E-state index contributed by atoms with van der Waals surface area (Å²) in [5, 5.41) is 0. The standard InChI is InChI=1S/C11H14N/c12-11(8-4-5-9-11)10-6-2-1-3-7-10/h1-3,6-7,12H,4-5,8-9H2. The molecular formula is C11H14N. The molecule has 63 valence electrons. The quantitative estimate of drug-likeness (QED) is 0.603. The van der Waals surface area contributed by atoms with E-state index in [9.17, 15) is 0 Å². The van der Waals surface area contributed by atoms with Gasteiger partial charge in [-0.15, -0.1) is 0 Å². The lowest BCUT2D eigenvalue weighted by Crippen LogP contribution is -2.22. The van der Waals surface area contributed by atoms with Crippen LogP contribution in [0, 0.1) is 0 Å². The highest BCUT2D eigenvalue weighted by Gasteiger charge is 2.31. The maximum Gasteiger partial charge on any atom is 0.0572 e. The molecule has 1 nitrogen and oxygen atoms in total. The summed E-state index contributed by atoms with van der Waals surface area (Å²) in [6.07, 6.45) is 4.52. The largest absolute Gasteiger partial charge is 0.246 e. The zero-order valence-electron chi connectivity index (χ0n) is 7.22. The molecule has 0 spiro atoms. The zero-order valence-corrected chi connectivity index (χ0v) is 7.22. The van der Waals surface area contributed by atoms with Gasteiger partial charge in [0.25, 0.3) is 0 Å². The number of rotatable bonds is 1. The van der Waals surface area contributed by atoms with Gasteiger partial charge in [-0.1, -0.05) is 43.2 Å². The second kappa shape index (κ2) is 2.91. The molecule has 1 heteroatoms. The molecule has 0 aliphatic heterocycles. The molecular weight excluding hydrogens is 146 g/mol. The monoisotopic (exact) mass is 160 g/mol. The van der Waals surface area contributed by atoms with Crippen LogP contribution in [0.2, 0.25) is 0 Å². The summed E-state index contributed by atoms with van der Waals surface area (Å²) >= 11 is 0. The summed E-state index contributed by atoms with van der Waals surface area (Å²) in [7, 11) is 0. The molecule has 0 atom stereocenters. The van der Waals surface area contributed by atoms with Gasteiger partial charge in [-0.2, -0.15) is 0 Å². The van der Waals surface area contributed by atoms with Crippen molar-refractivity contribution in [2.24, 2.45) is 0 Å². The van der Waals surface area contributed by atoms with Crippen molar-refractivity contribution >= 4 is 0 Å². The molecule has 1 radical (unpaired) electrons. The summed E-state index contributed by atoms with van der Waals surface area (Å²) in [4.78, 5) is 0. The predicted molar refractivity (Wildman–Crippen MR) is 49.7 cm³/mol. The minimum atomic E-state index is -0.263. The molecule has 1 aliphatic rings. The van der Waals surface area contributed by atoms with Gasteiger partial charge in [0, 0.05) is 0 Å². The fraction of sp³-hybridized carbons (Fsp3) is 0.455. The van der Waals surface area contributed by atoms with E-state index in [1.54, 1.807) is 0 Å². The van der Waals surface area contributed by atoms with Gasteiger partial charge in [0.05, 0.1) is 5.54 Å². The maximum absolute atomic E-state index is 8.22. The molecule has 0 heterocycles. The molecule has 12 heavy (non-hydrogen) atoms. The molecule has 1 fully saturated rings. The normalized spacial score (nSPS) is 21.1. The first kappa shape index (κ1) is 7.81. The number of nitrogens with one attached hydrogen (secondary N) is 1. The van der Waals surface area contributed by atoms with E-state index in [1.807, 2.05) is 18.2 Å². The average molecular weight is 160 g/mol.